The second-order valence-corrected chi connectivity index (χ2v) is 6.79. The van der Waals surface area contributed by atoms with Crippen molar-refractivity contribution in [1.29, 1.82) is 0 Å². The summed E-state index contributed by atoms with van der Waals surface area (Å²) in [5.41, 5.74) is 2.10. The van der Waals surface area contributed by atoms with Crippen molar-refractivity contribution < 1.29 is 9.47 Å². The van der Waals surface area contributed by atoms with Gasteiger partial charge < -0.3 is 14.8 Å². The summed E-state index contributed by atoms with van der Waals surface area (Å²) in [4.78, 5) is 4.81. The van der Waals surface area contributed by atoms with Gasteiger partial charge in [0.25, 0.3) is 0 Å². The van der Waals surface area contributed by atoms with Gasteiger partial charge in [-0.15, -0.1) is 0 Å². The second kappa shape index (κ2) is 6.81. The van der Waals surface area contributed by atoms with Crippen LogP contribution in [0.2, 0.25) is 0 Å². The van der Waals surface area contributed by atoms with Gasteiger partial charge in [-0.3, -0.25) is 4.99 Å². The van der Waals surface area contributed by atoms with Gasteiger partial charge in [-0.2, -0.15) is 0 Å². The molecule has 5 heteroatoms. The highest BCUT2D eigenvalue weighted by Crippen LogP contribution is 2.27. The molecule has 2 aliphatic heterocycles. The van der Waals surface area contributed by atoms with Crippen LogP contribution in [0.25, 0.3) is 0 Å². The molecule has 0 amide bonds. The van der Waals surface area contributed by atoms with Crippen molar-refractivity contribution in [3.63, 3.8) is 0 Å². The number of thioether (sulfide) groups is 1. The molecule has 0 aliphatic carbocycles. The average molecular weight is 306 g/mol. The molecule has 21 heavy (non-hydrogen) atoms. The van der Waals surface area contributed by atoms with E-state index in [2.05, 4.69) is 31.3 Å². The molecule has 4 nitrogen and oxygen atoms in total. The van der Waals surface area contributed by atoms with Crippen LogP contribution in [0, 0.1) is 5.92 Å². The maximum absolute atomic E-state index is 5.55. The predicted octanol–water partition coefficient (Wildman–Crippen LogP) is 3.66. The molecule has 1 aromatic rings. The van der Waals surface area contributed by atoms with Crippen molar-refractivity contribution in [3.8, 4) is 0 Å². The Morgan fingerprint density at radius 2 is 2.10 bits per heavy atom. The van der Waals surface area contributed by atoms with Crippen molar-refractivity contribution in [2.45, 2.75) is 32.6 Å². The lowest BCUT2D eigenvalue weighted by atomic mass is 10.0. The van der Waals surface area contributed by atoms with Gasteiger partial charge in [0, 0.05) is 17.0 Å². The number of nitrogens with one attached hydrogen (secondary N) is 1. The first kappa shape index (κ1) is 14.9. The third kappa shape index (κ3) is 3.78. The number of benzene rings is 1. The van der Waals surface area contributed by atoms with E-state index in [9.17, 15) is 0 Å². The third-order valence-electron chi connectivity index (χ3n) is 3.74. The molecule has 0 spiro atoms. The fourth-order valence-electron chi connectivity index (χ4n) is 2.52. The number of ether oxygens (including phenoxy) is 2. The number of nitrogens with zero attached hydrogens (tertiary/aromatic N) is 1. The zero-order chi connectivity index (χ0) is 14.7. The van der Waals surface area contributed by atoms with E-state index in [0.717, 1.165) is 28.6 Å². The van der Waals surface area contributed by atoms with Crippen LogP contribution < -0.4 is 5.32 Å². The molecule has 1 N–H and O–H groups in total. The van der Waals surface area contributed by atoms with Crippen LogP contribution >= 0.6 is 11.8 Å². The predicted molar refractivity (Wildman–Crippen MR) is 87.8 cm³/mol. The first-order chi connectivity index (χ1) is 10.2. The fraction of sp³-hybridized carbons (Fsp3) is 0.562. The molecule has 0 aromatic heterocycles. The van der Waals surface area contributed by atoms with Gasteiger partial charge in [-0.05, 0) is 24.5 Å². The van der Waals surface area contributed by atoms with E-state index >= 15 is 0 Å². The van der Waals surface area contributed by atoms with Gasteiger partial charge in [0.05, 0.1) is 19.3 Å². The molecule has 2 heterocycles. The second-order valence-electron chi connectivity index (χ2n) is 5.71. The van der Waals surface area contributed by atoms with Crippen LogP contribution in [0.3, 0.4) is 0 Å². The van der Waals surface area contributed by atoms with Gasteiger partial charge in [0.15, 0.2) is 11.5 Å². The zero-order valence-electron chi connectivity index (χ0n) is 12.5. The Morgan fingerprint density at radius 1 is 1.29 bits per heavy atom. The van der Waals surface area contributed by atoms with E-state index in [4.69, 9.17) is 14.5 Å². The average Bonchev–Trinajstić information content (AvgIpc) is 3.02. The summed E-state index contributed by atoms with van der Waals surface area (Å²) in [6.07, 6.45) is 0.938. The molecule has 2 aliphatic rings. The zero-order valence-corrected chi connectivity index (χ0v) is 13.4. The van der Waals surface area contributed by atoms with Crippen molar-refractivity contribution >= 4 is 22.6 Å². The Bertz CT molecular complexity index is 513. The Kier molecular flexibility index (Phi) is 4.83. The van der Waals surface area contributed by atoms with Crippen molar-refractivity contribution in [3.05, 3.63) is 29.8 Å². The maximum atomic E-state index is 5.55. The normalized spacial score (nSPS) is 23.4. The molecule has 1 aromatic carbocycles. The molecule has 0 radical (unpaired) electrons. The maximum Gasteiger partial charge on any atom is 0.184 e. The van der Waals surface area contributed by atoms with Crippen molar-refractivity contribution in [1.82, 2.24) is 0 Å². The largest absolute Gasteiger partial charge is 0.346 e. The molecule has 1 fully saturated rings. The summed E-state index contributed by atoms with van der Waals surface area (Å²) >= 11 is 1.79. The smallest absolute Gasteiger partial charge is 0.184 e. The van der Waals surface area contributed by atoms with E-state index in [0.29, 0.717) is 25.2 Å². The van der Waals surface area contributed by atoms with Gasteiger partial charge in [0.1, 0.15) is 0 Å². The Morgan fingerprint density at radius 3 is 2.86 bits per heavy atom. The number of hydrogen-bond donors (Lipinski definition) is 1. The highest BCUT2D eigenvalue weighted by Gasteiger charge is 2.20. The number of amidine groups is 1. The Labute approximate surface area is 130 Å². The van der Waals surface area contributed by atoms with Crippen molar-refractivity contribution in [2.24, 2.45) is 10.9 Å². The standard InChI is InChI=1S/C16H22N2O2S/c1-11(2)14-6-9-21-16(18-14)17-13-5-3-4-12(10-13)15-19-7-8-20-15/h3-5,10-11,14-15H,6-9H2,1-2H3,(H,17,18). The van der Waals surface area contributed by atoms with E-state index in [1.165, 1.54) is 0 Å². The van der Waals surface area contributed by atoms with Crippen LogP contribution in [0.5, 0.6) is 0 Å². The van der Waals surface area contributed by atoms with Gasteiger partial charge in [-0.1, -0.05) is 37.7 Å². The molecule has 0 bridgehead atoms. The minimum Gasteiger partial charge on any atom is -0.346 e. The number of rotatable bonds is 3. The highest BCUT2D eigenvalue weighted by molar-refractivity contribution is 8.14. The molecule has 1 unspecified atom stereocenters. The monoisotopic (exact) mass is 306 g/mol. The molecule has 114 valence electrons. The van der Waals surface area contributed by atoms with E-state index < -0.39 is 0 Å². The quantitative estimate of drug-likeness (QED) is 0.925. The SMILES string of the molecule is CC(C)C1CCSC(Nc2cccc(C3OCCO3)c2)=N1. The fourth-order valence-corrected chi connectivity index (χ4v) is 3.47. The molecular weight excluding hydrogens is 284 g/mol. The minimum absolute atomic E-state index is 0.226. The van der Waals surface area contributed by atoms with Gasteiger partial charge in [0.2, 0.25) is 0 Å². The minimum atomic E-state index is -0.226. The summed E-state index contributed by atoms with van der Waals surface area (Å²) in [5, 5.41) is 4.45. The van der Waals surface area contributed by atoms with E-state index in [1.54, 1.807) is 11.8 Å². The lowest BCUT2D eigenvalue weighted by molar-refractivity contribution is -0.0440. The first-order valence-electron chi connectivity index (χ1n) is 7.53. The van der Waals surface area contributed by atoms with Gasteiger partial charge in [-0.25, -0.2) is 0 Å². The summed E-state index contributed by atoms with van der Waals surface area (Å²) in [7, 11) is 0. The number of anilines is 1. The van der Waals surface area contributed by atoms with Crippen LogP contribution in [0.4, 0.5) is 5.69 Å². The van der Waals surface area contributed by atoms with Crippen LogP contribution in [-0.2, 0) is 9.47 Å². The number of hydrogen-bond acceptors (Lipinski definition) is 5. The van der Waals surface area contributed by atoms with E-state index in [1.807, 2.05) is 12.1 Å². The first-order valence-corrected chi connectivity index (χ1v) is 8.52. The third-order valence-corrected chi connectivity index (χ3v) is 4.66. The molecule has 0 saturated carbocycles. The Hall–Kier alpha value is -1.04. The molecule has 1 atom stereocenters. The van der Waals surface area contributed by atoms with Crippen LogP contribution in [-0.4, -0.2) is 30.2 Å². The topological polar surface area (TPSA) is 42.8 Å². The van der Waals surface area contributed by atoms with E-state index in [-0.39, 0.29) is 6.29 Å². The molecular formula is C16H22N2O2S. The molecule has 1 saturated heterocycles. The van der Waals surface area contributed by atoms with Crippen LogP contribution in [0.1, 0.15) is 32.1 Å². The number of aliphatic imine (C=N–C) groups is 1. The lowest BCUT2D eigenvalue weighted by Gasteiger charge is -2.23. The van der Waals surface area contributed by atoms with Crippen molar-refractivity contribution in [2.75, 3.05) is 24.3 Å². The van der Waals surface area contributed by atoms with Crippen LogP contribution in [0.15, 0.2) is 29.3 Å². The summed E-state index contributed by atoms with van der Waals surface area (Å²) in [6, 6.07) is 8.63. The van der Waals surface area contributed by atoms with Gasteiger partial charge >= 0.3 is 0 Å². The summed E-state index contributed by atoms with van der Waals surface area (Å²) in [5.74, 6) is 1.72. The lowest BCUT2D eigenvalue weighted by Crippen LogP contribution is -2.23. The molecule has 3 rings (SSSR count). The summed E-state index contributed by atoms with van der Waals surface area (Å²) in [6.45, 7) is 5.80. The summed E-state index contributed by atoms with van der Waals surface area (Å²) < 4.78 is 11.1. The highest BCUT2D eigenvalue weighted by atomic mass is 32.2. The Balaban J connectivity index is 1.71.